The maximum absolute atomic E-state index is 10.7. The van der Waals surface area contributed by atoms with Crippen molar-refractivity contribution in [3.05, 3.63) is 68.3 Å². The molecule has 0 radical (unpaired) electrons. The van der Waals surface area contributed by atoms with Gasteiger partial charge in [-0.15, -0.1) is 0 Å². The van der Waals surface area contributed by atoms with Crippen molar-refractivity contribution < 1.29 is 15.0 Å². The standard InChI is InChI=1S/C13H10N2O5S/c16-8-9-7-11(15(19)20)3-6-13(9)21-12-4-1-10(2-5-12)14(17)18/h1-7,16H,8H2. The van der Waals surface area contributed by atoms with Gasteiger partial charge in [0, 0.05) is 34.1 Å². The van der Waals surface area contributed by atoms with E-state index in [1.54, 1.807) is 18.2 Å². The third-order valence-electron chi connectivity index (χ3n) is 2.70. The highest BCUT2D eigenvalue weighted by atomic mass is 32.2. The zero-order valence-electron chi connectivity index (χ0n) is 10.6. The lowest BCUT2D eigenvalue weighted by Crippen LogP contribution is -1.93. The van der Waals surface area contributed by atoms with Crippen LogP contribution in [0.25, 0.3) is 0 Å². The van der Waals surface area contributed by atoms with E-state index in [0.717, 1.165) is 4.90 Å². The van der Waals surface area contributed by atoms with Crippen LogP contribution < -0.4 is 0 Å². The molecule has 0 fully saturated rings. The van der Waals surface area contributed by atoms with Crippen LogP contribution >= 0.6 is 11.8 Å². The molecule has 0 atom stereocenters. The first kappa shape index (κ1) is 14.9. The van der Waals surface area contributed by atoms with Crippen molar-refractivity contribution in [1.29, 1.82) is 0 Å². The van der Waals surface area contributed by atoms with E-state index in [4.69, 9.17) is 0 Å². The number of aliphatic hydroxyl groups is 1. The maximum Gasteiger partial charge on any atom is 0.269 e. The highest BCUT2D eigenvalue weighted by molar-refractivity contribution is 7.99. The number of benzene rings is 2. The average molecular weight is 306 g/mol. The van der Waals surface area contributed by atoms with Crippen molar-refractivity contribution in [1.82, 2.24) is 0 Å². The maximum atomic E-state index is 10.7. The van der Waals surface area contributed by atoms with Crippen molar-refractivity contribution in [2.45, 2.75) is 16.4 Å². The van der Waals surface area contributed by atoms with Crippen LogP contribution in [0, 0.1) is 20.2 Å². The van der Waals surface area contributed by atoms with Crippen LogP contribution in [0.2, 0.25) is 0 Å². The van der Waals surface area contributed by atoms with Crippen LogP contribution in [0.1, 0.15) is 5.56 Å². The molecule has 0 aliphatic rings. The van der Waals surface area contributed by atoms with E-state index in [1.165, 1.54) is 36.0 Å². The third kappa shape index (κ3) is 3.56. The van der Waals surface area contributed by atoms with Gasteiger partial charge in [-0.1, -0.05) is 11.8 Å². The molecule has 0 aliphatic carbocycles. The topological polar surface area (TPSA) is 107 Å². The molecular weight excluding hydrogens is 296 g/mol. The summed E-state index contributed by atoms with van der Waals surface area (Å²) in [6.45, 7) is -0.322. The van der Waals surface area contributed by atoms with Crippen molar-refractivity contribution in [2.75, 3.05) is 0 Å². The molecule has 0 saturated heterocycles. The Morgan fingerprint density at radius 2 is 1.52 bits per heavy atom. The van der Waals surface area contributed by atoms with Crippen molar-refractivity contribution in [3.63, 3.8) is 0 Å². The Bertz CT molecular complexity index is 687. The Morgan fingerprint density at radius 3 is 2.05 bits per heavy atom. The number of non-ortho nitro benzene ring substituents is 2. The lowest BCUT2D eigenvalue weighted by molar-refractivity contribution is -0.385. The minimum absolute atomic E-state index is 0.00886. The Morgan fingerprint density at radius 1 is 0.952 bits per heavy atom. The summed E-state index contributed by atoms with van der Waals surface area (Å²) in [5.74, 6) is 0. The second-order valence-electron chi connectivity index (χ2n) is 4.06. The van der Waals surface area contributed by atoms with Crippen LogP contribution in [-0.2, 0) is 6.61 Å². The quantitative estimate of drug-likeness (QED) is 0.671. The normalized spacial score (nSPS) is 10.3. The summed E-state index contributed by atoms with van der Waals surface area (Å²) in [4.78, 5) is 21.7. The number of nitro benzene ring substituents is 2. The molecule has 2 rings (SSSR count). The molecule has 2 aromatic carbocycles. The molecular formula is C13H10N2O5S. The van der Waals surface area contributed by atoms with E-state index < -0.39 is 9.85 Å². The number of rotatable bonds is 5. The summed E-state index contributed by atoms with van der Waals surface area (Å²) in [6, 6.07) is 10.2. The molecule has 7 nitrogen and oxygen atoms in total. The van der Waals surface area contributed by atoms with Gasteiger partial charge in [0.1, 0.15) is 0 Å². The van der Waals surface area contributed by atoms with Gasteiger partial charge in [-0.25, -0.2) is 0 Å². The van der Waals surface area contributed by atoms with Gasteiger partial charge in [-0.3, -0.25) is 20.2 Å². The van der Waals surface area contributed by atoms with E-state index in [0.29, 0.717) is 10.5 Å². The summed E-state index contributed by atoms with van der Waals surface area (Å²) in [5, 5.41) is 30.6. The molecule has 21 heavy (non-hydrogen) atoms. The van der Waals surface area contributed by atoms with E-state index in [-0.39, 0.29) is 18.0 Å². The SMILES string of the molecule is O=[N+]([O-])c1ccc(Sc2ccc([N+](=O)[O-])cc2CO)cc1. The summed E-state index contributed by atoms with van der Waals surface area (Å²) >= 11 is 1.27. The monoisotopic (exact) mass is 306 g/mol. The Kier molecular flexibility index (Phi) is 4.51. The summed E-state index contributed by atoms with van der Waals surface area (Å²) in [6.07, 6.45) is 0. The van der Waals surface area contributed by atoms with Crippen LogP contribution in [-0.4, -0.2) is 15.0 Å². The zero-order chi connectivity index (χ0) is 15.4. The van der Waals surface area contributed by atoms with Crippen LogP contribution in [0.15, 0.2) is 52.3 Å². The third-order valence-corrected chi connectivity index (χ3v) is 3.83. The molecule has 8 heteroatoms. The fourth-order valence-corrected chi connectivity index (χ4v) is 2.58. The lowest BCUT2D eigenvalue weighted by atomic mass is 10.2. The second-order valence-corrected chi connectivity index (χ2v) is 5.18. The van der Waals surface area contributed by atoms with Gasteiger partial charge in [-0.2, -0.15) is 0 Å². The van der Waals surface area contributed by atoms with E-state index in [9.17, 15) is 25.3 Å². The number of nitro groups is 2. The smallest absolute Gasteiger partial charge is 0.269 e. The first-order chi connectivity index (χ1) is 10.0. The van der Waals surface area contributed by atoms with Crippen molar-refractivity contribution >= 4 is 23.1 Å². The molecule has 0 heterocycles. The van der Waals surface area contributed by atoms with E-state index in [1.807, 2.05) is 0 Å². The first-order valence-corrected chi connectivity index (χ1v) is 6.63. The lowest BCUT2D eigenvalue weighted by Gasteiger charge is -2.06. The van der Waals surface area contributed by atoms with Gasteiger partial charge < -0.3 is 5.11 Å². The number of hydrogen-bond donors (Lipinski definition) is 1. The average Bonchev–Trinajstić information content (AvgIpc) is 2.48. The molecule has 108 valence electrons. The fraction of sp³-hybridized carbons (Fsp3) is 0.0769. The summed E-state index contributed by atoms with van der Waals surface area (Å²) in [7, 11) is 0. The molecule has 0 aromatic heterocycles. The molecule has 0 bridgehead atoms. The largest absolute Gasteiger partial charge is 0.392 e. The van der Waals surface area contributed by atoms with Gasteiger partial charge in [0.25, 0.3) is 11.4 Å². The molecule has 0 amide bonds. The molecule has 0 spiro atoms. The Balaban J connectivity index is 2.26. The predicted molar refractivity (Wildman–Crippen MR) is 76.2 cm³/mol. The van der Waals surface area contributed by atoms with E-state index in [2.05, 4.69) is 0 Å². The molecule has 0 unspecified atom stereocenters. The molecule has 0 aliphatic heterocycles. The number of hydrogen-bond acceptors (Lipinski definition) is 6. The van der Waals surface area contributed by atoms with Gasteiger partial charge in [0.05, 0.1) is 16.5 Å². The zero-order valence-corrected chi connectivity index (χ0v) is 11.4. The fourth-order valence-electron chi connectivity index (χ4n) is 1.67. The van der Waals surface area contributed by atoms with Gasteiger partial charge >= 0.3 is 0 Å². The molecule has 1 N–H and O–H groups in total. The Labute approximate surface area is 123 Å². The second kappa shape index (κ2) is 6.33. The van der Waals surface area contributed by atoms with E-state index >= 15 is 0 Å². The minimum Gasteiger partial charge on any atom is -0.392 e. The summed E-state index contributed by atoms with van der Waals surface area (Å²) in [5.41, 5.74) is 0.338. The predicted octanol–water partition coefficient (Wildman–Crippen LogP) is 3.15. The highest BCUT2D eigenvalue weighted by Crippen LogP contribution is 2.33. The van der Waals surface area contributed by atoms with Gasteiger partial charge in [0.15, 0.2) is 0 Å². The Hall–Kier alpha value is -2.45. The molecule has 2 aromatic rings. The van der Waals surface area contributed by atoms with Gasteiger partial charge in [-0.05, 0) is 23.8 Å². The number of nitrogens with zero attached hydrogens (tertiary/aromatic N) is 2. The minimum atomic E-state index is -0.528. The van der Waals surface area contributed by atoms with Crippen LogP contribution in [0.5, 0.6) is 0 Å². The van der Waals surface area contributed by atoms with Crippen molar-refractivity contribution in [3.8, 4) is 0 Å². The molecule has 0 saturated carbocycles. The van der Waals surface area contributed by atoms with Crippen LogP contribution in [0.4, 0.5) is 11.4 Å². The van der Waals surface area contributed by atoms with Gasteiger partial charge in [0.2, 0.25) is 0 Å². The summed E-state index contributed by atoms with van der Waals surface area (Å²) < 4.78 is 0. The highest BCUT2D eigenvalue weighted by Gasteiger charge is 2.12. The van der Waals surface area contributed by atoms with Crippen LogP contribution in [0.3, 0.4) is 0 Å². The number of aliphatic hydroxyl groups excluding tert-OH is 1. The van der Waals surface area contributed by atoms with Crippen molar-refractivity contribution in [2.24, 2.45) is 0 Å². The first-order valence-electron chi connectivity index (χ1n) is 5.81.